The van der Waals surface area contributed by atoms with Crippen LogP contribution in [0.1, 0.15) is 0 Å². The molecule has 0 saturated heterocycles. The number of amides is 1. The molecule has 1 aromatic carbocycles. The molecule has 0 N–H and O–H groups in total. The molecule has 22 heavy (non-hydrogen) atoms. The van der Waals surface area contributed by atoms with E-state index in [9.17, 15) is 9.59 Å². The molecule has 0 aliphatic rings. The van der Waals surface area contributed by atoms with Crippen molar-refractivity contribution in [2.24, 2.45) is 0 Å². The van der Waals surface area contributed by atoms with Crippen LogP contribution in [0.3, 0.4) is 0 Å². The van der Waals surface area contributed by atoms with Gasteiger partial charge in [-0.1, -0.05) is 33.8 Å². The second-order valence-electron chi connectivity index (χ2n) is 4.83. The number of hydrogen-bond donors (Lipinski definition) is 0. The highest BCUT2D eigenvalue weighted by Crippen LogP contribution is 2.20. The molecule has 0 aliphatic carbocycles. The molecular formula is C15H16BrN3O2S. The number of hydrogen-bond acceptors (Lipinski definition) is 4. The molecule has 0 spiro atoms. The summed E-state index contributed by atoms with van der Waals surface area (Å²) in [6.45, 7) is 3.65. The monoisotopic (exact) mass is 381 g/mol. The highest BCUT2D eigenvalue weighted by Gasteiger charge is 2.15. The van der Waals surface area contributed by atoms with Crippen molar-refractivity contribution in [3.05, 3.63) is 45.7 Å². The Morgan fingerprint density at radius 3 is 2.86 bits per heavy atom. The molecule has 116 valence electrons. The number of fused-ring (bicyclic) bond motifs is 1. The van der Waals surface area contributed by atoms with Crippen LogP contribution in [0.15, 0.2) is 45.3 Å². The lowest BCUT2D eigenvalue weighted by Crippen LogP contribution is -2.33. The molecule has 7 heteroatoms. The van der Waals surface area contributed by atoms with Crippen molar-refractivity contribution in [3.8, 4) is 0 Å². The van der Waals surface area contributed by atoms with Gasteiger partial charge in [0.1, 0.15) is 6.54 Å². The summed E-state index contributed by atoms with van der Waals surface area (Å²) in [5.74, 6) is 0.462. The predicted molar refractivity (Wildman–Crippen MR) is 93.3 cm³/mol. The fraction of sp³-hybridized carbons (Fsp3) is 0.267. The van der Waals surface area contributed by atoms with Gasteiger partial charge in [0.2, 0.25) is 5.91 Å². The van der Waals surface area contributed by atoms with Gasteiger partial charge in [-0.2, -0.15) is 0 Å². The second-order valence-corrected chi connectivity index (χ2v) is 6.74. The number of nitrogens with zero attached hydrogens (tertiary/aromatic N) is 3. The maximum Gasteiger partial charge on any atom is 0.262 e. The first-order valence-electron chi connectivity index (χ1n) is 6.58. The van der Waals surface area contributed by atoms with E-state index in [1.165, 1.54) is 21.2 Å². The zero-order valence-electron chi connectivity index (χ0n) is 12.4. The quantitative estimate of drug-likeness (QED) is 0.453. The average Bonchev–Trinajstić information content (AvgIpc) is 2.48. The lowest BCUT2D eigenvalue weighted by molar-refractivity contribution is -0.129. The fourth-order valence-corrected chi connectivity index (χ4v) is 2.93. The van der Waals surface area contributed by atoms with Crippen molar-refractivity contribution in [1.29, 1.82) is 0 Å². The molecular weight excluding hydrogens is 366 g/mol. The Morgan fingerprint density at radius 1 is 1.50 bits per heavy atom. The molecule has 0 bridgehead atoms. The van der Waals surface area contributed by atoms with Gasteiger partial charge in [0, 0.05) is 24.3 Å². The maximum atomic E-state index is 12.7. The van der Waals surface area contributed by atoms with E-state index in [-0.39, 0.29) is 18.0 Å². The van der Waals surface area contributed by atoms with E-state index in [0.717, 1.165) is 4.47 Å². The third-order valence-corrected chi connectivity index (χ3v) is 4.47. The molecule has 0 aliphatic heterocycles. The van der Waals surface area contributed by atoms with E-state index in [1.54, 1.807) is 32.3 Å². The Kier molecular flexibility index (Phi) is 5.42. The zero-order valence-corrected chi connectivity index (χ0v) is 14.8. The number of aromatic nitrogens is 2. The van der Waals surface area contributed by atoms with Gasteiger partial charge in [-0.15, -0.1) is 6.58 Å². The van der Waals surface area contributed by atoms with Crippen LogP contribution < -0.4 is 5.56 Å². The fourth-order valence-electron chi connectivity index (χ4n) is 1.83. The molecule has 0 fully saturated rings. The first kappa shape index (κ1) is 16.8. The molecule has 2 aromatic rings. The van der Waals surface area contributed by atoms with Gasteiger partial charge >= 0.3 is 0 Å². The smallest absolute Gasteiger partial charge is 0.262 e. The lowest BCUT2D eigenvalue weighted by Gasteiger charge is -2.15. The molecule has 1 amide bonds. The Hall–Kier alpha value is -1.60. The predicted octanol–water partition coefficient (Wildman–Crippen LogP) is 2.53. The third kappa shape index (κ3) is 3.59. The summed E-state index contributed by atoms with van der Waals surface area (Å²) in [5.41, 5.74) is 0.404. The van der Waals surface area contributed by atoms with E-state index >= 15 is 0 Å². The summed E-state index contributed by atoms with van der Waals surface area (Å²) >= 11 is 4.74. The van der Waals surface area contributed by atoms with Crippen molar-refractivity contribution in [2.75, 3.05) is 19.8 Å². The van der Waals surface area contributed by atoms with E-state index in [2.05, 4.69) is 27.5 Å². The lowest BCUT2D eigenvalue weighted by atomic mass is 10.2. The molecule has 0 radical (unpaired) electrons. The van der Waals surface area contributed by atoms with Gasteiger partial charge in [0.15, 0.2) is 5.16 Å². The molecule has 1 heterocycles. The van der Waals surface area contributed by atoms with Gasteiger partial charge in [-0.25, -0.2) is 4.98 Å². The van der Waals surface area contributed by atoms with Crippen LogP contribution in [0.25, 0.3) is 10.9 Å². The minimum absolute atomic E-state index is 0.0270. The number of halogens is 1. The third-order valence-electron chi connectivity index (χ3n) is 3.00. The van der Waals surface area contributed by atoms with Gasteiger partial charge in [-0.3, -0.25) is 14.2 Å². The molecule has 0 unspecified atom stereocenters. The van der Waals surface area contributed by atoms with E-state index in [0.29, 0.717) is 21.8 Å². The Labute approximate surface area is 141 Å². The van der Waals surface area contributed by atoms with Crippen molar-refractivity contribution in [2.45, 2.75) is 11.7 Å². The Bertz CT molecular complexity index is 786. The number of carbonyl (C=O) groups excluding carboxylic acids is 1. The van der Waals surface area contributed by atoms with E-state index in [4.69, 9.17) is 0 Å². The van der Waals surface area contributed by atoms with Gasteiger partial charge in [0.05, 0.1) is 10.9 Å². The standard InChI is InChI=1S/C15H16BrN3O2S/c1-4-7-22-15-17-12-6-5-10(16)8-11(12)14(21)19(15)9-13(20)18(2)3/h4-6,8H,1,7,9H2,2-3H3. The van der Waals surface area contributed by atoms with Crippen LogP contribution in [0.4, 0.5) is 0 Å². The first-order valence-corrected chi connectivity index (χ1v) is 8.36. The van der Waals surface area contributed by atoms with Crippen LogP contribution in [-0.2, 0) is 11.3 Å². The minimum atomic E-state index is -0.215. The highest BCUT2D eigenvalue weighted by atomic mass is 79.9. The summed E-state index contributed by atoms with van der Waals surface area (Å²) in [4.78, 5) is 30.7. The Morgan fingerprint density at radius 2 is 2.23 bits per heavy atom. The molecule has 1 aromatic heterocycles. The summed E-state index contributed by atoms with van der Waals surface area (Å²) in [7, 11) is 3.32. The topological polar surface area (TPSA) is 55.2 Å². The van der Waals surface area contributed by atoms with E-state index in [1.807, 2.05) is 6.07 Å². The molecule has 0 atom stereocenters. The van der Waals surface area contributed by atoms with Crippen LogP contribution in [-0.4, -0.2) is 40.2 Å². The van der Waals surface area contributed by atoms with Crippen LogP contribution in [0.5, 0.6) is 0 Å². The summed E-state index contributed by atoms with van der Waals surface area (Å²) in [6, 6.07) is 5.35. The van der Waals surface area contributed by atoms with Crippen molar-refractivity contribution in [1.82, 2.24) is 14.5 Å². The van der Waals surface area contributed by atoms with Crippen LogP contribution in [0.2, 0.25) is 0 Å². The molecule has 0 saturated carbocycles. The number of carbonyl (C=O) groups is 1. The summed E-state index contributed by atoms with van der Waals surface area (Å²) < 4.78 is 2.22. The zero-order chi connectivity index (χ0) is 16.3. The van der Waals surface area contributed by atoms with Crippen LogP contribution >= 0.6 is 27.7 Å². The summed E-state index contributed by atoms with van der Waals surface area (Å²) in [6.07, 6.45) is 1.74. The number of thioether (sulfide) groups is 1. The van der Waals surface area contributed by atoms with Crippen molar-refractivity contribution >= 4 is 44.5 Å². The largest absolute Gasteiger partial charge is 0.347 e. The normalized spacial score (nSPS) is 10.7. The maximum absolute atomic E-state index is 12.7. The molecule has 2 rings (SSSR count). The van der Waals surface area contributed by atoms with Crippen LogP contribution in [0, 0.1) is 0 Å². The first-order chi connectivity index (χ1) is 10.4. The van der Waals surface area contributed by atoms with Gasteiger partial charge < -0.3 is 4.90 Å². The van der Waals surface area contributed by atoms with Gasteiger partial charge in [-0.05, 0) is 18.2 Å². The number of benzene rings is 1. The molecule has 5 nitrogen and oxygen atoms in total. The van der Waals surface area contributed by atoms with Crippen molar-refractivity contribution in [3.63, 3.8) is 0 Å². The summed E-state index contributed by atoms with van der Waals surface area (Å²) in [5, 5.41) is 1.01. The average molecular weight is 382 g/mol. The Balaban J connectivity index is 2.62. The van der Waals surface area contributed by atoms with E-state index < -0.39 is 0 Å². The number of likely N-dealkylation sites (N-methyl/N-ethyl adjacent to an activating group) is 1. The highest BCUT2D eigenvalue weighted by molar-refractivity contribution is 9.10. The number of rotatable bonds is 5. The SMILES string of the molecule is C=CCSc1nc2ccc(Br)cc2c(=O)n1CC(=O)N(C)C. The minimum Gasteiger partial charge on any atom is -0.347 e. The van der Waals surface area contributed by atoms with Crippen molar-refractivity contribution < 1.29 is 4.79 Å². The van der Waals surface area contributed by atoms with Gasteiger partial charge in [0.25, 0.3) is 5.56 Å². The second kappa shape index (κ2) is 7.11.